The Kier molecular flexibility index (Phi) is 16.7. The molecule has 4 fully saturated rings. The summed E-state index contributed by atoms with van der Waals surface area (Å²) in [7, 11) is 5.35. The van der Waals surface area contributed by atoms with Gasteiger partial charge in [-0.15, -0.1) is 0 Å². The predicted octanol–water partition coefficient (Wildman–Crippen LogP) is 5.71. The van der Waals surface area contributed by atoms with Crippen LogP contribution in [0.4, 0.5) is 0 Å². The molecule has 2 N–H and O–H groups in total. The second kappa shape index (κ2) is 20.6. The third kappa shape index (κ3) is 10.7. The van der Waals surface area contributed by atoms with Gasteiger partial charge in [-0.25, -0.2) is 0 Å². The summed E-state index contributed by atoms with van der Waals surface area (Å²) in [5, 5.41) is 23.0. The molecule has 0 spiro atoms. The molecule has 13 heteroatoms. The molecule has 3 unspecified atom stereocenters. The van der Waals surface area contributed by atoms with E-state index in [0.29, 0.717) is 12.8 Å². The fourth-order valence-corrected chi connectivity index (χ4v) is 10.7. The summed E-state index contributed by atoms with van der Waals surface area (Å²) in [6, 6.07) is 9.29. The van der Waals surface area contributed by atoms with Gasteiger partial charge in [0, 0.05) is 48.8 Å². The Morgan fingerprint density at radius 1 is 0.935 bits per heavy atom. The first-order valence-electron chi connectivity index (χ1n) is 22.5. The molecule has 5 rings (SSSR count). The van der Waals surface area contributed by atoms with Crippen LogP contribution in [-0.4, -0.2) is 139 Å². The summed E-state index contributed by atoms with van der Waals surface area (Å²) in [5.74, 6) is 2.57. The van der Waals surface area contributed by atoms with Gasteiger partial charge in [0.15, 0.2) is 12.6 Å². The molecule has 4 aliphatic heterocycles. The second-order valence-electron chi connectivity index (χ2n) is 19.3. The van der Waals surface area contributed by atoms with Crippen molar-refractivity contribution in [3.63, 3.8) is 0 Å². The number of esters is 1. The Hall–Kier alpha value is -2.74. The van der Waals surface area contributed by atoms with Gasteiger partial charge in [0.05, 0.1) is 48.1 Å². The number of benzene rings is 1. The van der Waals surface area contributed by atoms with Crippen molar-refractivity contribution in [1.29, 1.82) is 0 Å². The maximum absolute atomic E-state index is 14.9. The van der Waals surface area contributed by atoms with Gasteiger partial charge in [-0.2, -0.15) is 0 Å². The van der Waals surface area contributed by atoms with Gasteiger partial charge in [-0.05, 0) is 92.6 Å². The molecule has 0 aromatic heterocycles. The number of likely N-dealkylation sites (N-methyl/N-ethyl adjacent to an activating group) is 1. The zero-order valence-corrected chi connectivity index (χ0v) is 39.4. The number of rotatable bonds is 9. The number of aliphatic hydroxyl groups is 2. The molecule has 13 nitrogen and oxygen atoms in total. The summed E-state index contributed by atoms with van der Waals surface area (Å²) >= 11 is 0. The Balaban J connectivity index is 1.68. The Bertz CT molecular complexity index is 1750. The van der Waals surface area contributed by atoms with Crippen LogP contribution >= 0.6 is 0 Å². The number of carbonyl (C=O) groups is 2. The van der Waals surface area contributed by atoms with Crippen molar-refractivity contribution in [2.24, 2.45) is 29.6 Å². The number of hydrogen-bond donors (Lipinski definition) is 2. The Labute approximate surface area is 370 Å². The van der Waals surface area contributed by atoms with Crippen LogP contribution in [-0.2, 0) is 47.5 Å². The highest BCUT2D eigenvalue weighted by Crippen LogP contribution is 2.47. The van der Waals surface area contributed by atoms with Gasteiger partial charge in [0.2, 0.25) is 0 Å². The standard InChI is InChI=1S/C49H75NO12/c1-15-37-49(11)39(29(3)27-57-49)31(5)40(51)28(2)25-48(10,56-23-19-22-35-20-17-16-18-21-35)44(62-46-41(52)36(50(12)13)24-30(4)58-46)32(6)42(33(7)45(54)60-37)61-38-26-47(9,55-14)43(53)34(8)59-38/h16-18,20-21,28,30-34,36-39,41-44,46,52-53H,3,15,23-27H2,1-2,4-14H3/t28?,30-,31?,32+,33-,34+,36+,37-,38+,39+,41-,42+,43?,44-,46+,47-,48-,49-/m1/s1. The highest BCUT2D eigenvalue weighted by Gasteiger charge is 2.57. The fraction of sp³-hybridized carbons (Fsp3) is 0.755. The zero-order valence-electron chi connectivity index (χ0n) is 39.4. The van der Waals surface area contributed by atoms with Gasteiger partial charge >= 0.3 is 5.97 Å². The minimum Gasteiger partial charge on any atom is -0.459 e. The average molecular weight is 870 g/mol. The minimum atomic E-state index is -1.30. The van der Waals surface area contributed by atoms with Gasteiger partial charge in [0.1, 0.15) is 36.3 Å². The lowest BCUT2D eigenvalue weighted by atomic mass is 9.69. The number of cyclic esters (lactones) is 1. The molecule has 0 saturated carbocycles. The van der Waals surface area contributed by atoms with Crippen molar-refractivity contribution in [1.82, 2.24) is 4.90 Å². The van der Waals surface area contributed by atoms with Crippen molar-refractivity contribution < 1.29 is 57.7 Å². The lowest BCUT2D eigenvalue weighted by Gasteiger charge is -2.50. The lowest BCUT2D eigenvalue weighted by molar-refractivity contribution is -0.320. The van der Waals surface area contributed by atoms with Gasteiger partial charge in [-0.3, -0.25) is 9.59 Å². The summed E-state index contributed by atoms with van der Waals surface area (Å²) in [4.78, 5) is 31.6. The molecule has 1 aromatic rings. The van der Waals surface area contributed by atoms with E-state index in [4.69, 9.17) is 37.9 Å². The maximum Gasteiger partial charge on any atom is 0.311 e. The van der Waals surface area contributed by atoms with Gasteiger partial charge in [-0.1, -0.05) is 64.3 Å². The molecule has 18 atom stereocenters. The third-order valence-electron chi connectivity index (χ3n) is 14.3. The van der Waals surface area contributed by atoms with Crippen LogP contribution in [0.3, 0.4) is 0 Å². The summed E-state index contributed by atoms with van der Waals surface area (Å²) in [6.45, 7) is 23.3. The van der Waals surface area contributed by atoms with E-state index in [2.05, 4.69) is 18.4 Å². The number of hydrogen-bond acceptors (Lipinski definition) is 13. The SMILES string of the molecule is C=C1CO[C@]2(C)[C@@H](CC)OC(=O)[C@H](C)[C@@H](O[C@H]3C[C@@](C)(OC)C(O)[C@H](C)O3)[C@H](C)[C@@H](O[C@@H]3O[C@H](C)C[C@H](N(C)C)[C@H]3O)[C@](C)(OCC#Cc3ccccc3)CC(C)C(=O)C(C)[C@H]12. The van der Waals surface area contributed by atoms with Crippen molar-refractivity contribution in [2.75, 3.05) is 34.4 Å². The minimum absolute atomic E-state index is 0.0267. The number of Topliss-reactive ketones (excluding diaryl/α,β-unsaturated/α-hetero) is 1. The van der Waals surface area contributed by atoms with E-state index in [1.54, 1.807) is 20.8 Å². The normalized spacial score (nSPS) is 43.6. The van der Waals surface area contributed by atoms with Crippen LogP contribution in [0.25, 0.3) is 0 Å². The zero-order chi connectivity index (χ0) is 45.9. The van der Waals surface area contributed by atoms with Crippen LogP contribution in [0, 0.1) is 41.4 Å². The van der Waals surface area contributed by atoms with Crippen LogP contribution in [0.15, 0.2) is 42.5 Å². The molecule has 1 aromatic carbocycles. The number of ether oxygens (including phenoxy) is 8. The highest BCUT2D eigenvalue weighted by molar-refractivity contribution is 5.84. The van der Waals surface area contributed by atoms with Crippen molar-refractivity contribution >= 4 is 11.8 Å². The first kappa shape index (κ1) is 50.3. The lowest BCUT2D eigenvalue weighted by Crippen LogP contribution is -2.61. The summed E-state index contributed by atoms with van der Waals surface area (Å²) in [6.07, 6.45) is -6.35. The third-order valence-corrected chi connectivity index (χ3v) is 14.3. The number of fused-ring (bicyclic) bond motifs is 1. The Morgan fingerprint density at radius 3 is 2.24 bits per heavy atom. The highest BCUT2D eigenvalue weighted by atomic mass is 16.7. The second-order valence-corrected chi connectivity index (χ2v) is 19.3. The van der Waals surface area contributed by atoms with Crippen LogP contribution < -0.4 is 0 Å². The van der Waals surface area contributed by atoms with E-state index in [1.807, 2.05) is 97.8 Å². The molecular weight excluding hydrogens is 795 g/mol. The molecule has 4 saturated heterocycles. The van der Waals surface area contributed by atoms with Gasteiger partial charge in [0.25, 0.3) is 0 Å². The van der Waals surface area contributed by atoms with E-state index in [9.17, 15) is 19.8 Å². The number of ketones is 1. The molecule has 62 heavy (non-hydrogen) atoms. The summed E-state index contributed by atoms with van der Waals surface area (Å²) in [5.41, 5.74) is -1.78. The van der Waals surface area contributed by atoms with Crippen molar-refractivity contribution in [2.45, 2.75) is 173 Å². The number of nitrogens with zero attached hydrogens (tertiary/aromatic N) is 1. The van der Waals surface area contributed by atoms with E-state index < -0.39 is 102 Å². The molecule has 348 valence electrons. The largest absolute Gasteiger partial charge is 0.459 e. The summed E-state index contributed by atoms with van der Waals surface area (Å²) < 4.78 is 52.5. The van der Waals surface area contributed by atoms with E-state index in [-0.39, 0.29) is 44.0 Å². The molecule has 4 heterocycles. The van der Waals surface area contributed by atoms with E-state index in [1.165, 1.54) is 7.11 Å². The average Bonchev–Trinajstić information content (AvgIpc) is 3.54. The molecule has 0 radical (unpaired) electrons. The predicted molar refractivity (Wildman–Crippen MR) is 234 cm³/mol. The van der Waals surface area contributed by atoms with Crippen molar-refractivity contribution in [3.05, 3.63) is 48.0 Å². The first-order valence-corrected chi connectivity index (χ1v) is 22.5. The fourth-order valence-electron chi connectivity index (χ4n) is 10.7. The Morgan fingerprint density at radius 2 is 1.61 bits per heavy atom. The first-order chi connectivity index (χ1) is 29.1. The number of methoxy groups -OCH3 is 1. The van der Waals surface area contributed by atoms with E-state index in [0.717, 1.165) is 11.1 Å². The van der Waals surface area contributed by atoms with Gasteiger partial charge < -0.3 is 53.0 Å². The van der Waals surface area contributed by atoms with Crippen molar-refractivity contribution in [3.8, 4) is 11.8 Å². The van der Waals surface area contributed by atoms with Crippen LogP contribution in [0.1, 0.15) is 100 Å². The molecular formula is C49H75NO12. The topological polar surface area (TPSA) is 152 Å². The van der Waals surface area contributed by atoms with E-state index >= 15 is 0 Å². The smallest absolute Gasteiger partial charge is 0.311 e. The number of carbonyl (C=O) groups excluding carboxylic acids is 2. The van der Waals surface area contributed by atoms with Crippen LogP contribution in [0.2, 0.25) is 0 Å². The quantitative estimate of drug-likeness (QED) is 0.177. The molecule has 0 bridgehead atoms. The molecule has 0 aliphatic carbocycles. The maximum atomic E-state index is 14.9. The number of aliphatic hydroxyl groups excluding tert-OH is 2. The molecule has 4 aliphatic rings. The molecule has 0 amide bonds. The van der Waals surface area contributed by atoms with Crippen LogP contribution in [0.5, 0.6) is 0 Å². The monoisotopic (exact) mass is 870 g/mol.